The van der Waals surface area contributed by atoms with Crippen LogP contribution >= 0.6 is 11.6 Å². The number of hydrogen-bond donors (Lipinski definition) is 1. The number of nitrogens with zero attached hydrogens (tertiary/aromatic N) is 1. The molecule has 0 bridgehead atoms. The van der Waals surface area contributed by atoms with E-state index < -0.39 is 0 Å². The number of carbonyl (C=O) groups excluding carboxylic acids is 1. The van der Waals surface area contributed by atoms with Gasteiger partial charge in [0.05, 0.1) is 0 Å². The number of ether oxygens (including phenoxy) is 2. The van der Waals surface area contributed by atoms with Crippen molar-refractivity contribution in [1.82, 2.24) is 10.2 Å². The van der Waals surface area contributed by atoms with Crippen molar-refractivity contribution in [3.05, 3.63) is 22.7 Å². The Morgan fingerprint density at radius 2 is 1.86 bits per heavy atom. The molecule has 0 spiro atoms. The van der Waals surface area contributed by atoms with E-state index >= 15 is 0 Å². The van der Waals surface area contributed by atoms with Gasteiger partial charge in [0, 0.05) is 43.7 Å². The molecule has 1 aromatic carbocycles. The second-order valence-electron chi connectivity index (χ2n) is 5.22. The van der Waals surface area contributed by atoms with Crippen LogP contribution in [0.2, 0.25) is 5.02 Å². The molecule has 1 fully saturated rings. The maximum absolute atomic E-state index is 12.2. The summed E-state index contributed by atoms with van der Waals surface area (Å²) in [6.45, 7) is 4.41. The lowest BCUT2D eigenvalue weighted by Crippen LogP contribution is -2.46. The lowest BCUT2D eigenvalue weighted by molar-refractivity contribution is -0.131. The third-order valence-electron chi connectivity index (χ3n) is 3.79. The molecule has 6 heteroatoms. The monoisotopic (exact) mass is 310 g/mol. The summed E-state index contributed by atoms with van der Waals surface area (Å²) in [5.41, 5.74) is 0.935. The fourth-order valence-corrected chi connectivity index (χ4v) is 2.86. The van der Waals surface area contributed by atoms with Crippen LogP contribution in [-0.4, -0.2) is 50.2 Å². The van der Waals surface area contributed by atoms with Gasteiger partial charge in [0.25, 0.3) is 0 Å². The molecule has 0 atom stereocenters. The molecular weight excluding hydrogens is 292 g/mol. The van der Waals surface area contributed by atoms with E-state index in [1.54, 1.807) is 6.07 Å². The molecule has 21 heavy (non-hydrogen) atoms. The van der Waals surface area contributed by atoms with Gasteiger partial charge in [-0.3, -0.25) is 4.79 Å². The molecule has 1 amide bonds. The van der Waals surface area contributed by atoms with Gasteiger partial charge in [-0.05, 0) is 18.1 Å². The van der Waals surface area contributed by atoms with E-state index in [1.807, 2.05) is 11.0 Å². The molecule has 0 aromatic heterocycles. The normalized spacial score (nSPS) is 17.7. The van der Waals surface area contributed by atoms with Crippen LogP contribution in [0.4, 0.5) is 0 Å². The van der Waals surface area contributed by atoms with Crippen LogP contribution < -0.4 is 14.8 Å². The lowest BCUT2D eigenvalue weighted by Gasteiger charge is -2.27. The minimum Gasteiger partial charge on any atom is -0.486 e. The zero-order valence-electron chi connectivity index (χ0n) is 11.9. The van der Waals surface area contributed by atoms with Gasteiger partial charge in [-0.2, -0.15) is 0 Å². The van der Waals surface area contributed by atoms with E-state index in [0.717, 1.165) is 37.5 Å². The summed E-state index contributed by atoms with van der Waals surface area (Å²) >= 11 is 6.26. The molecule has 1 saturated heterocycles. The topological polar surface area (TPSA) is 50.8 Å². The van der Waals surface area contributed by atoms with Crippen LogP contribution in [0.15, 0.2) is 12.1 Å². The lowest BCUT2D eigenvalue weighted by atomic mass is 10.1. The Morgan fingerprint density at radius 3 is 2.57 bits per heavy atom. The van der Waals surface area contributed by atoms with Crippen LogP contribution in [0.3, 0.4) is 0 Å². The van der Waals surface area contributed by atoms with Crippen molar-refractivity contribution in [3.63, 3.8) is 0 Å². The van der Waals surface area contributed by atoms with Gasteiger partial charge in [-0.15, -0.1) is 0 Å². The van der Waals surface area contributed by atoms with Gasteiger partial charge in [0.15, 0.2) is 11.5 Å². The Hall–Kier alpha value is -1.46. The van der Waals surface area contributed by atoms with Crippen molar-refractivity contribution in [1.29, 1.82) is 0 Å². The Kier molecular flexibility index (Phi) is 4.51. The second-order valence-corrected chi connectivity index (χ2v) is 5.63. The van der Waals surface area contributed by atoms with Gasteiger partial charge >= 0.3 is 0 Å². The number of halogens is 1. The summed E-state index contributed by atoms with van der Waals surface area (Å²) in [6, 6.07) is 3.67. The fourth-order valence-electron chi connectivity index (χ4n) is 2.61. The highest BCUT2D eigenvalue weighted by Crippen LogP contribution is 2.35. The van der Waals surface area contributed by atoms with E-state index in [4.69, 9.17) is 21.1 Å². The molecule has 0 saturated carbocycles. The third-order valence-corrected chi connectivity index (χ3v) is 4.14. The summed E-state index contributed by atoms with van der Waals surface area (Å²) in [5.74, 6) is 1.58. The predicted molar refractivity (Wildman–Crippen MR) is 80.2 cm³/mol. The molecule has 114 valence electrons. The van der Waals surface area contributed by atoms with Crippen molar-refractivity contribution < 1.29 is 14.3 Å². The first-order valence-corrected chi connectivity index (χ1v) is 7.68. The molecule has 0 unspecified atom stereocenters. The fraction of sp³-hybridized carbons (Fsp3) is 0.533. The molecule has 2 aliphatic heterocycles. The largest absolute Gasteiger partial charge is 0.486 e. The Labute approximate surface area is 129 Å². The molecular formula is C15H19ClN2O3. The zero-order valence-corrected chi connectivity index (χ0v) is 12.6. The number of piperazine rings is 1. The number of aryl methyl sites for hydroxylation is 1. The van der Waals surface area contributed by atoms with E-state index in [2.05, 4.69) is 5.32 Å². The third kappa shape index (κ3) is 3.41. The van der Waals surface area contributed by atoms with Crippen LogP contribution in [0.1, 0.15) is 12.0 Å². The van der Waals surface area contributed by atoms with Gasteiger partial charge in [0.2, 0.25) is 5.91 Å². The minimum atomic E-state index is 0.183. The molecule has 0 radical (unpaired) electrons. The minimum absolute atomic E-state index is 0.183. The molecule has 2 aliphatic rings. The summed E-state index contributed by atoms with van der Waals surface area (Å²) in [7, 11) is 0. The second kappa shape index (κ2) is 6.54. The van der Waals surface area contributed by atoms with E-state index in [1.165, 1.54) is 0 Å². The highest BCUT2D eigenvalue weighted by molar-refractivity contribution is 6.31. The first-order valence-electron chi connectivity index (χ1n) is 7.30. The SMILES string of the molecule is O=C(CCc1cc2c(cc1Cl)OCCO2)N1CCNCC1. The molecule has 5 nitrogen and oxygen atoms in total. The van der Waals surface area contributed by atoms with Crippen molar-refractivity contribution in [2.24, 2.45) is 0 Å². The zero-order chi connectivity index (χ0) is 14.7. The molecule has 2 heterocycles. The standard InChI is InChI=1S/C15H19ClN2O3/c16-12-10-14-13(20-7-8-21-14)9-11(12)1-2-15(19)18-5-3-17-4-6-18/h9-10,17H,1-8H2. The Balaban J connectivity index is 1.63. The van der Waals surface area contributed by atoms with Crippen molar-refractivity contribution in [3.8, 4) is 11.5 Å². The van der Waals surface area contributed by atoms with Gasteiger partial charge in [-0.1, -0.05) is 11.6 Å². The van der Waals surface area contributed by atoms with Crippen LogP contribution in [0, 0.1) is 0 Å². The smallest absolute Gasteiger partial charge is 0.222 e. The molecule has 1 aromatic rings. The summed E-state index contributed by atoms with van der Waals surface area (Å²) in [6.07, 6.45) is 1.09. The highest BCUT2D eigenvalue weighted by atomic mass is 35.5. The quantitative estimate of drug-likeness (QED) is 0.919. The number of benzene rings is 1. The number of carbonyl (C=O) groups is 1. The first kappa shape index (κ1) is 14.5. The van der Waals surface area contributed by atoms with E-state index in [-0.39, 0.29) is 5.91 Å². The number of hydrogen-bond acceptors (Lipinski definition) is 4. The van der Waals surface area contributed by atoms with Gasteiger partial charge < -0.3 is 19.7 Å². The predicted octanol–water partition coefficient (Wildman–Crippen LogP) is 1.48. The number of fused-ring (bicyclic) bond motifs is 1. The summed E-state index contributed by atoms with van der Waals surface area (Å²) in [4.78, 5) is 14.1. The van der Waals surface area contributed by atoms with Crippen molar-refractivity contribution in [2.45, 2.75) is 12.8 Å². The van der Waals surface area contributed by atoms with Crippen LogP contribution in [-0.2, 0) is 11.2 Å². The maximum Gasteiger partial charge on any atom is 0.222 e. The summed E-state index contributed by atoms with van der Waals surface area (Å²) < 4.78 is 11.0. The summed E-state index contributed by atoms with van der Waals surface area (Å²) in [5, 5.41) is 3.87. The molecule has 1 N–H and O–H groups in total. The molecule has 3 rings (SSSR count). The number of rotatable bonds is 3. The van der Waals surface area contributed by atoms with Crippen molar-refractivity contribution >= 4 is 17.5 Å². The number of amides is 1. The van der Waals surface area contributed by atoms with E-state index in [0.29, 0.717) is 36.8 Å². The van der Waals surface area contributed by atoms with Gasteiger partial charge in [0.1, 0.15) is 13.2 Å². The Morgan fingerprint density at radius 1 is 1.19 bits per heavy atom. The first-order chi connectivity index (χ1) is 10.2. The molecule has 0 aliphatic carbocycles. The van der Waals surface area contributed by atoms with Crippen LogP contribution in [0.5, 0.6) is 11.5 Å². The average molecular weight is 311 g/mol. The van der Waals surface area contributed by atoms with Gasteiger partial charge in [-0.25, -0.2) is 0 Å². The van der Waals surface area contributed by atoms with Crippen molar-refractivity contribution in [2.75, 3.05) is 39.4 Å². The Bertz CT molecular complexity index is 530. The average Bonchev–Trinajstić information content (AvgIpc) is 2.53. The maximum atomic E-state index is 12.2. The van der Waals surface area contributed by atoms with Crippen LogP contribution in [0.25, 0.3) is 0 Å². The number of nitrogens with one attached hydrogen (secondary N) is 1. The van der Waals surface area contributed by atoms with E-state index in [9.17, 15) is 4.79 Å². The highest BCUT2D eigenvalue weighted by Gasteiger charge is 2.18.